The topological polar surface area (TPSA) is 20.3 Å². The van der Waals surface area contributed by atoms with Gasteiger partial charge in [-0.05, 0) is 49.8 Å². The summed E-state index contributed by atoms with van der Waals surface area (Å²) in [5.74, 6) is 0.859. The monoisotopic (exact) mass is 249 g/mol. The molecule has 0 spiro atoms. The Bertz CT molecular complexity index is 438. The summed E-state index contributed by atoms with van der Waals surface area (Å²) in [6.45, 7) is 1.13. The van der Waals surface area contributed by atoms with Crippen molar-refractivity contribution in [2.75, 3.05) is 11.4 Å². The molecule has 0 bridgehead atoms. The molecule has 0 heterocycles. The number of carbonyl (C=O) groups excluding carboxylic acids is 1. The highest BCUT2D eigenvalue weighted by molar-refractivity contribution is 6.33. The molecule has 2 saturated carbocycles. The van der Waals surface area contributed by atoms with Crippen LogP contribution in [0.2, 0.25) is 5.02 Å². The van der Waals surface area contributed by atoms with Crippen molar-refractivity contribution in [3.8, 4) is 0 Å². The molecule has 3 rings (SSSR count). The fourth-order valence-electron chi connectivity index (χ4n) is 2.24. The number of aldehydes is 1. The Labute approximate surface area is 107 Å². The summed E-state index contributed by atoms with van der Waals surface area (Å²) in [6.07, 6.45) is 6.11. The zero-order chi connectivity index (χ0) is 11.8. The molecule has 1 aromatic carbocycles. The van der Waals surface area contributed by atoms with Crippen molar-refractivity contribution in [1.82, 2.24) is 0 Å². The van der Waals surface area contributed by atoms with E-state index < -0.39 is 0 Å². The van der Waals surface area contributed by atoms with E-state index in [1.807, 2.05) is 12.1 Å². The van der Waals surface area contributed by atoms with Gasteiger partial charge in [0.25, 0.3) is 0 Å². The van der Waals surface area contributed by atoms with Crippen molar-refractivity contribution in [3.05, 3.63) is 28.8 Å². The zero-order valence-corrected chi connectivity index (χ0v) is 10.5. The normalized spacial score (nSPS) is 19.1. The largest absolute Gasteiger partial charge is 0.367 e. The van der Waals surface area contributed by atoms with Gasteiger partial charge in [-0.25, -0.2) is 0 Å². The Kier molecular flexibility index (Phi) is 2.83. The van der Waals surface area contributed by atoms with Crippen LogP contribution in [-0.2, 0) is 0 Å². The van der Waals surface area contributed by atoms with Gasteiger partial charge in [0.2, 0.25) is 0 Å². The maximum absolute atomic E-state index is 10.7. The molecular formula is C14H16ClNO. The summed E-state index contributed by atoms with van der Waals surface area (Å²) in [5.41, 5.74) is 1.76. The molecule has 0 radical (unpaired) electrons. The maximum Gasteiger partial charge on any atom is 0.150 e. The van der Waals surface area contributed by atoms with E-state index in [1.165, 1.54) is 25.7 Å². The molecular weight excluding hydrogens is 234 g/mol. The third-order valence-electron chi connectivity index (χ3n) is 3.56. The van der Waals surface area contributed by atoms with E-state index in [-0.39, 0.29) is 0 Å². The zero-order valence-electron chi connectivity index (χ0n) is 9.73. The van der Waals surface area contributed by atoms with E-state index in [0.717, 1.165) is 24.4 Å². The van der Waals surface area contributed by atoms with Crippen LogP contribution in [0.1, 0.15) is 36.0 Å². The van der Waals surface area contributed by atoms with Gasteiger partial charge in [-0.3, -0.25) is 4.79 Å². The number of hydrogen-bond acceptors (Lipinski definition) is 2. The first-order valence-corrected chi connectivity index (χ1v) is 6.67. The number of halogens is 1. The predicted molar refractivity (Wildman–Crippen MR) is 69.9 cm³/mol. The molecule has 3 heteroatoms. The van der Waals surface area contributed by atoms with Crippen LogP contribution >= 0.6 is 11.6 Å². The van der Waals surface area contributed by atoms with Gasteiger partial charge in [0.15, 0.2) is 0 Å². The van der Waals surface area contributed by atoms with Gasteiger partial charge in [0, 0.05) is 18.2 Å². The van der Waals surface area contributed by atoms with E-state index >= 15 is 0 Å². The first-order chi connectivity index (χ1) is 8.28. The van der Waals surface area contributed by atoms with Crippen LogP contribution < -0.4 is 4.90 Å². The van der Waals surface area contributed by atoms with Crippen molar-refractivity contribution < 1.29 is 4.79 Å². The minimum absolute atomic E-state index is 0.654. The Morgan fingerprint density at radius 3 is 2.59 bits per heavy atom. The SMILES string of the molecule is O=Cc1ccc(N(CC2CC2)C2CC2)c(Cl)c1. The molecule has 2 nitrogen and oxygen atoms in total. The fourth-order valence-corrected chi connectivity index (χ4v) is 2.54. The van der Waals surface area contributed by atoms with Crippen LogP contribution in [0, 0.1) is 5.92 Å². The Hall–Kier alpha value is -1.02. The molecule has 0 aromatic heterocycles. The number of carbonyl (C=O) groups is 1. The molecule has 0 amide bonds. The van der Waals surface area contributed by atoms with Gasteiger partial charge in [0.05, 0.1) is 10.7 Å². The standard InChI is InChI=1S/C14H16ClNO/c15-13-7-11(9-17)3-6-14(13)16(12-4-5-12)8-10-1-2-10/h3,6-7,9-10,12H,1-2,4-5,8H2. The lowest BCUT2D eigenvalue weighted by Gasteiger charge is -2.25. The van der Waals surface area contributed by atoms with Crippen molar-refractivity contribution >= 4 is 23.6 Å². The molecule has 0 atom stereocenters. The first-order valence-electron chi connectivity index (χ1n) is 6.29. The van der Waals surface area contributed by atoms with E-state index in [1.54, 1.807) is 6.07 Å². The van der Waals surface area contributed by atoms with Gasteiger partial charge in [-0.1, -0.05) is 11.6 Å². The van der Waals surface area contributed by atoms with E-state index in [9.17, 15) is 4.79 Å². The lowest BCUT2D eigenvalue weighted by molar-refractivity contribution is 0.112. The van der Waals surface area contributed by atoms with Gasteiger partial charge in [-0.15, -0.1) is 0 Å². The Morgan fingerprint density at radius 2 is 2.06 bits per heavy atom. The van der Waals surface area contributed by atoms with Crippen LogP contribution in [-0.4, -0.2) is 18.9 Å². The minimum Gasteiger partial charge on any atom is -0.367 e. The highest BCUT2D eigenvalue weighted by Crippen LogP contribution is 2.40. The van der Waals surface area contributed by atoms with Crippen LogP contribution in [0.3, 0.4) is 0 Å². The van der Waals surface area contributed by atoms with Crippen LogP contribution in [0.4, 0.5) is 5.69 Å². The number of benzene rings is 1. The van der Waals surface area contributed by atoms with Crippen molar-refractivity contribution in [2.24, 2.45) is 5.92 Å². The molecule has 0 saturated heterocycles. The number of hydrogen-bond donors (Lipinski definition) is 0. The number of rotatable bonds is 5. The number of nitrogens with zero attached hydrogens (tertiary/aromatic N) is 1. The van der Waals surface area contributed by atoms with E-state index in [2.05, 4.69) is 4.90 Å². The van der Waals surface area contributed by atoms with E-state index in [0.29, 0.717) is 16.6 Å². The Balaban J connectivity index is 1.85. The van der Waals surface area contributed by atoms with Crippen LogP contribution in [0.25, 0.3) is 0 Å². The third-order valence-corrected chi connectivity index (χ3v) is 3.86. The summed E-state index contributed by atoms with van der Waals surface area (Å²) < 4.78 is 0. The number of anilines is 1. The molecule has 0 N–H and O–H groups in total. The van der Waals surface area contributed by atoms with Gasteiger partial charge in [-0.2, -0.15) is 0 Å². The minimum atomic E-state index is 0.654. The van der Waals surface area contributed by atoms with Crippen molar-refractivity contribution in [2.45, 2.75) is 31.7 Å². The summed E-state index contributed by atoms with van der Waals surface area (Å²) in [6, 6.07) is 6.30. The predicted octanol–water partition coefficient (Wildman–Crippen LogP) is 3.53. The summed E-state index contributed by atoms with van der Waals surface area (Å²) in [5, 5.41) is 0.710. The van der Waals surface area contributed by atoms with Crippen LogP contribution in [0.5, 0.6) is 0 Å². The molecule has 2 fully saturated rings. The second-order valence-electron chi connectivity index (χ2n) is 5.16. The quantitative estimate of drug-likeness (QED) is 0.744. The molecule has 1 aromatic rings. The average Bonchev–Trinajstić information content (AvgIpc) is 3.18. The summed E-state index contributed by atoms with van der Waals surface area (Å²) >= 11 is 6.28. The highest BCUT2D eigenvalue weighted by atomic mass is 35.5. The van der Waals surface area contributed by atoms with Gasteiger partial charge in [0.1, 0.15) is 6.29 Å². The lowest BCUT2D eigenvalue weighted by atomic mass is 10.2. The Morgan fingerprint density at radius 1 is 1.29 bits per heavy atom. The van der Waals surface area contributed by atoms with Crippen molar-refractivity contribution in [3.63, 3.8) is 0 Å². The average molecular weight is 250 g/mol. The second-order valence-corrected chi connectivity index (χ2v) is 5.56. The third kappa shape index (κ3) is 2.47. The molecule has 2 aliphatic carbocycles. The smallest absolute Gasteiger partial charge is 0.150 e. The lowest BCUT2D eigenvalue weighted by Crippen LogP contribution is -2.28. The van der Waals surface area contributed by atoms with Gasteiger partial charge < -0.3 is 4.90 Å². The summed E-state index contributed by atoms with van der Waals surface area (Å²) in [7, 11) is 0. The van der Waals surface area contributed by atoms with E-state index in [4.69, 9.17) is 11.6 Å². The first kappa shape index (κ1) is 11.1. The molecule has 17 heavy (non-hydrogen) atoms. The molecule has 0 unspecified atom stereocenters. The van der Waals surface area contributed by atoms with Gasteiger partial charge >= 0.3 is 0 Å². The van der Waals surface area contributed by atoms with Crippen LogP contribution in [0.15, 0.2) is 18.2 Å². The summed E-state index contributed by atoms with van der Waals surface area (Å²) in [4.78, 5) is 13.1. The fraction of sp³-hybridized carbons (Fsp3) is 0.500. The second kappa shape index (κ2) is 4.34. The van der Waals surface area contributed by atoms with Crippen molar-refractivity contribution in [1.29, 1.82) is 0 Å². The maximum atomic E-state index is 10.7. The highest BCUT2D eigenvalue weighted by Gasteiger charge is 2.34. The molecule has 0 aliphatic heterocycles. The molecule has 90 valence electrons. The molecule has 2 aliphatic rings.